The molecule has 0 unspecified atom stereocenters. The average molecular weight is 431 g/mol. The second-order valence-corrected chi connectivity index (χ2v) is 8.59. The first-order chi connectivity index (χ1) is 14.2. The number of benzene rings is 2. The number of fused-ring (bicyclic) bond motifs is 1. The molecule has 0 aliphatic carbocycles. The van der Waals surface area contributed by atoms with Gasteiger partial charge in [-0.3, -0.25) is 0 Å². The first-order valence-electron chi connectivity index (χ1n) is 9.14. The van der Waals surface area contributed by atoms with Crippen molar-refractivity contribution >= 4 is 26.9 Å². The molecule has 0 spiro atoms. The Morgan fingerprint density at radius 3 is 2.63 bits per heavy atom. The van der Waals surface area contributed by atoms with Crippen LogP contribution in [0.2, 0.25) is 0 Å². The molecule has 3 aromatic rings. The van der Waals surface area contributed by atoms with Crippen molar-refractivity contribution in [2.75, 3.05) is 13.6 Å². The molecule has 0 fully saturated rings. The van der Waals surface area contributed by atoms with Crippen LogP contribution in [0.15, 0.2) is 59.3 Å². The molecule has 0 amide bonds. The lowest BCUT2D eigenvalue weighted by Gasteiger charge is -2.09. The molecule has 7 nitrogen and oxygen atoms in total. The monoisotopic (exact) mass is 431 g/mol. The highest BCUT2D eigenvalue weighted by Gasteiger charge is 2.20. The van der Waals surface area contributed by atoms with E-state index in [4.69, 9.17) is 5.73 Å². The minimum absolute atomic E-state index is 0.0595. The predicted molar refractivity (Wildman–Crippen MR) is 114 cm³/mol. The summed E-state index contributed by atoms with van der Waals surface area (Å²) in [6.07, 6.45) is 1.27. The standard InChI is InChI=1S/C21H22FN3O4S/c1-13-20(14-4-3-5-17(10-14)30(28,29)24-2)18-11-15(21(26)27)6-7-19(18)25(13)12-16(22)8-9-23/h3-8,10-11,24H,9,12,23H2,1-2H3,(H,26,27)/b16-8-. The lowest BCUT2D eigenvalue weighted by Crippen LogP contribution is -2.18. The van der Waals surface area contributed by atoms with E-state index in [-0.39, 0.29) is 23.5 Å². The molecule has 0 aliphatic rings. The first-order valence-corrected chi connectivity index (χ1v) is 10.6. The molecule has 0 atom stereocenters. The van der Waals surface area contributed by atoms with E-state index in [0.717, 1.165) is 0 Å². The number of carbonyl (C=O) groups is 1. The van der Waals surface area contributed by atoms with E-state index in [1.165, 1.54) is 37.4 Å². The van der Waals surface area contributed by atoms with Crippen molar-refractivity contribution in [3.8, 4) is 11.1 Å². The Bertz CT molecular complexity index is 1260. The number of nitrogens with one attached hydrogen (secondary N) is 1. The third-order valence-corrected chi connectivity index (χ3v) is 6.33. The van der Waals surface area contributed by atoms with Gasteiger partial charge in [-0.1, -0.05) is 12.1 Å². The number of halogens is 1. The number of nitrogens with two attached hydrogens (primary N) is 1. The number of nitrogens with zero attached hydrogens (tertiary/aromatic N) is 1. The number of sulfonamides is 1. The quantitative estimate of drug-likeness (QED) is 0.532. The van der Waals surface area contributed by atoms with Gasteiger partial charge in [-0.15, -0.1) is 0 Å². The maximum absolute atomic E-state index is 14.3. The number of aromatic nitrogens is 1. The Morgan fingerprint density at radius 2 is 2.00 bits per heavy atom. The molecule has 1 heterocycles. The van der Waals surface area contributed by atoms with Crippen LogP contribution in [0.25, 0.3) is 22.0 Å². The maximum Gasteiger partial charge on any atom is 0.335 e. The van der Waals surface area contributed by atoms with Gasteiger partial charge in [-0.25, -0.2) is 22.3 Å². The summed E-state index contributed by atoms with van der Waals surface area (Å²) in [5, 5.41) is 9.99. The Hall–Kier alpha value is -3.01. The summed E-state index contributed by atoms with van der Waals surface area (Å²) in [5.41, 5.74) is 8.01. The van der Waals surface area contributed by atoms with Gasteiger partial charge in [0.1, 0.15) is 5.83 Å². The minimum atomic E-state index is -3.67. The van der Waals surface area contributed by atoms with Crippen LogP contribution in [0, 0.1) is 6.92 Å². The molecule has 158 valence electrons. The number of aromatic carboxylic acids is 1. The fourth-order valence-electron chi connectivity index (χ4n) is 3.46. The Balaban J connectivity index is 2.32. The number of hydrogen-bond acceptors (Lipinski definition) is 4. The molecule has 4 N–H and O–H groups in total. The third-order valence-electron chi connectivity index (χ3n) is 4.92. The summed E-state index contributed by atoms with van der Waals surface area (Å²) in [5.74, 6) is -1.51. The molecule has 1 aromatic heterocycles. The van der Waals surface area contributed by atoms with E-state index in [1.54, 1.807) is 29.7 Å². The van der Waals surface area contributed by atoms with Gasteiger partial charge in [-0.2, -0.15) is 0 Å². The SMILES string of the molecule is CNS(=O)(=O)c1cccc(-c2c(C)n(C/C(F)=C/CN)c3ccc(C(=O)O)cc23)c1. The van der Waals surface area contributed by atoms with Crippen molar-refractivity contribution in [2.45, 2.75) is 18.4 Å². The lowest BCUT2D eigenvalue weighted by atomic mass is 10.0. The van der Waals surface area contributed by atoms with Crippen LogP contribution >= 0.6 is 0 Å². The highest BCUT2D eigenvalue weighted by molar-refractivity contribution is 7.89. The van der Waals surface area contributed by atoms with Crippen LogP contribution in [-0.2, 0) is 16.6 Å². The Morgan fingerprint density at radius 1 is 1.27 bits per heavy atom. The molecular weight excluding hydrogens is 409 g/mol. The van der Waals surface area contributed by atoms with Crippen LogP contribution in [0.5, 0.6) is 0 Å². The zero-order valence-electron chi connectivity index (χ0n) is 16.5. The highest BCUT2D eigenvalue weighted by atomic mass is 32.2. The molecule has 9 heteroatoms. The predicted octanol–water partition coefficient (Wildman–Crippen LogP) is 3.04. The fraction of sp³-hybridized carbons (Fsp3) is 0.190. The van der Waals surface area contributed by atoms with Crippen molar-refractivity contribution in [1.29, 1.82) is 0 Å². The van der Waals surface area contributed by atoms with Gasteiger partial charge in [0.15, 0.2) is 0 Å². The molecule has 0 saturated heterocycles. The van der Waals surface area contributed by atoms with Gasteiger partial charge in [0.05, 0.1) is 17.0 Å². The maximum atomic E-state index is 14.3. The smallest absolute Gasteiger partial charge is 0.335 e. The van der Waals surface area contributed by atoms with Gasteiger partial charge in [0, 0.05) is 28.7 Å². The summed E-state index contributed by atoms with van der Waals surface area (Å²) in [4.78, 5) is 11.6. The molecular formula is C21H22FN3O4S. The summed E-state index contributed by atoms with van der Waals surface area (Å²) in [7, 11) is -2.35. The topological polar surface area (TPSA) is 114 Å². The van der Waals surface area contributed by atoms with Crippen LogP contribution < -0.4 is 10.5 Å². The highest BCUT2D eigenvalue weighted by Crippen LogP contribution is 2.36. The van der Waals surface area contributed by atoms with Crippen molar-refractivity contribution < 1.29 is 22.7 Å². The third kappa shape index (κ3) is 4.00. The van der Waals surface area contributed by atoms with E-state index in [0.29, 0.717) is 27.7 Å². The van der Waals surface area contributed by atoms with Crippen LogP contribution in [0.1, 0.15) is 16.1 Å². The minimum Gasteiger partial charge on any atom is -0.478 e. The molecule has 0 aliphatic heterocycles. The zero-order chi connectivity index (χ0) is 22.1. The molecule has 0 bridgehead atoms. The Labute approximate surface area is 173 Å². The van der Waals surface area contributed by atoms with Crippen LogP contribution in [0.3, 0.4) is 0 Å². The summed E-state index contributed by atoms with van der Waals surface area (Å²) in [6, 6.07) is 10.9. The summed E-state index contributed by atoms with van der Waals surface area (Å²) in [6.45, 7) is 1.77. The van der Waals surface area contributed by atoms with E-state index < -0.39 is 21.8 Å². The number of carboxylic acid groups (broad SMARTS) is 1. The van der Waals surface area contributed by atoms with E-state index in [2.05, 4.69) is 4.72 Å². The van der Waals surface area contributed by atoms with E-state index in [9.17, 15) is 22.7 Å². The number of hydrogen-bond donors (Lipinski definition) is 3. The molecule has 3 rings (SSSR count). The van der Waals surface area contributed by atoms with Crippen molar-refractivity contribution in [3.05, 3.63) is 65.6 Å². The molecule has 0 radical (unpaired) electrons. The summed E-state index contributed by atoms with van der Waals surface area (Å²) < 4.78 is 42.7. The van der Waals surface area contributed by atoms with Crippen molar-refractivity contribution in [1.82, 2.24) is 9.29 Å². The van der Waals surface area contributed by atoms with E-state index in [1.807, 2.05) is 0 Å². The second-order valence-electron chi connectivity index (χ2n) is 6.71. The van der Waals surface area contributed by atoms with Gasteiger partial charge >= 0.3 is 5.97 Å². The molecule has 2 aromatic carbocycles. The lowest BCUT2D eigenvalue weighted by molar-refractivity contribution is 0.0697. The second kappa shape index (κ2) is 8.39. The van der Waals surface area contributed by atoms with Gasteiger partial charge in [0.2, 0.25) is 10.0 Å². The van der Waals surface area contributed by atoms with Gasteiger partial charge < -0.3 is 15.4 Å². The normalized spacial score (nSPS) is 12.5. The summed E-state index contributed by atoms with van der Waals surface area (Å²) >= 11 is 0. The van der Waals surface area contributed by atoms with E-state index >= 15 is 0 Å². The van der Waals surface area contributed by atoms with Crippen LogP contribution in [0.4, 0.5) is 4.39 Å². The largest absolute Gasteiger partial charge is 0.478 e. The average Bonchev–Trinajstić information content (AvgIpc) is 2.99. The van der Waals surface area contributed by atoms with Crippen LogP contribution in [-0.4, -0.2) is 37.7 Å². The number of carboxylic acids is 1. The molecule has 0 saturated carbocycles. The fourth-order valence-corrected chi connectivity index (χ4v) is 4.24. The van der Waals surface area contributed by atoms with Gasteiger partial charge in [0.25, 0.3) is 0 Å². The van der Waals surface area contributed by atoms with Crippen molar-refractivity contribution in [3.63, 3.8) is 0 Å². The first kappa shape index (κ1) is 21.7. The Kier molecular flexibility index (Phi) is 6.06. The number of rotatable bonds is 7. The zero-order valence-corrected chi connectivity index (χ0v) is 17.3. The van der Waals surface area contributed by atoms with Gasteiger partial charge in [-0.05, 0) is 55.9 Å². The number of allylic oxidation sites excluding steroid dienone is 1. The molecule has 30 heavy (non-hydrogen) atoms. The van der Waals surface area contributed by atoms with Crippen molar-refractivity contribution in [2.24, 2.45) is 5.73 Å².